The van der Waals surface area contributed by atoms with Crippen LogP contribution in [0.25, 0.3) is 32.3 Å². The van der Waals surface area contributed by atoms with Gasteiger partial charge in [-0.2, -0.15) is 0 Å². The first kappa shape index (κ1) is 17.3. The molecule has 0 amide bonds. The average Bonchev–Trinajstić information content (AvgIpc) is 2.68. The van der Waals surface area contributed by atoms with Gasteiger partial charge in [-0.1, -0.05) is 100 Å². The maximum absolute atomic E-state index is 3.71. The maximum atomic E-state index is 3.71. The molecule has 133 valence electrons. The predicted molar refractivity (Wildman–Crippen MR) is 115 cm³/mol. The van der Waals surface area contributed by atoms with E-state index in [1.165, 1.54) is 89.2 Å². The molecular formula is C26H29. The lowest BCUT2D eigenvalue weighted by Crippen LogP contribution is -1.90. The highest BCUT2D eigenvalue weighted by Crippen LogP contribution is 2.35. The minimum atomic E-state index is 1.16. The molecule has 0 heterocycles. The molecule has 0 fully saturated rings. The normalized spacial score (nSPS) is 11.9. The molecule has 26 heavy (non-hydrogen) atoms. The summed E-state index contributed by atoms with van der Waals surface area (Å²) < 4.78 is 0. The summed E-state index contributed by atoms with van der Waals surface area (Å²) in [6.07, 6.45) is 12.2. The smallest absolute Gasteiger partial charge is 0.00204 e. The molecule has 0 N–H and O–H groups in total. The summed E-state index contributed by atoms with van der Waals surface area (Å²) in [5.41, 5.74) is 1.38. The quantitative estimate of drug-likeness (QED) is 0.213. The molecule has 0 heteroatoms. The summed E-state index contributed by atoms with van der Waals surface area (Å²) in [5, 5.41) is 8.12. The fraction of sp³-hybridized carbons (Fsp3) is 0.385. The van der Waals surface area contributed by atoms with Gasteiger partial charge in [-0.15, -0.1) is 0 Å². The van der Waals surface area contributed by atoms with Crippen molar-refractivity contribution in [3.63, 3.8) is 0 Å². The summed E-state index contributed by atoms with van der Waals surface area (Å²) in [7, 11) is 0. The zero-order valence-corrected chi connectivity index (χ0v) is 16.0. The van der Waals surface area contributed by atoms with Crippen LogP contribution in [0.5, 0.6) is 0 Å². The van der Waals surface area contributed by atoms with Crippen LogP contribution in [-0.2, 0) is 6.42 Å². The highest BCUT2D eigenvalue weighted by Gasteiger charge is 2.09. The van der Waals surface area contributed by atoms with Crippen LogP contribution in [-0.4, -0.2) is 0 Å². The number of benzene rings is 4. The average molecular weight is 342 g/mol. The van der Waals surface area contributed by atoms with Gasteiger partial charge in [-0.3, -0.25) is 0 Å². The van der Waals surface area contributed by atoms with Crippen LogP contribution < -0.4 is 0 Å². The Labute approximate surface area is 157 Å². The summed E-state index contributed by atoms with van der Waals surface area (Å²) in [6, 6.07) is 21.7. The van der Waals surface area contributed by atoms with Gasteiger partial charge in [0.1, 0.15) is 0 Å². The Balaban J connectivity index is 1.45. The predicted octanol–water partition coefficient (Wildman–Crippen LogP) is 8.07. The van der Waals surface area contributed by atoms with E-state index in [4.69, 9.17) is 0 Å². The van der Waals surface area contributed by atoms with Crippen molar-refractivity contribution in [1.82, 2.24) is 0 Å². The van der Waals surface area contributed by atoms with Crippen molar-refractivity contribution in [2.75, 3.05) is 0 Å². The molecule has 0 atom stereocenters. The van der Waals surface area contributed by atoms with E-state index in [9.17, 15) is 0 Å². The number of hydrogen-bond donors (Lipinski definition) is 0. The largest absolute Gasteiger partial charge is 0.0654 e. The molecule has 0 saturated carbocycles. The molecule has 4 rings (SSSR count). The second-order valence-corrected chi connectivity index (χ2v) is 7.74. The maximum Gasteiger partial charge on any atom is -0.00204 e. The summed E-state index contributed by atoms with van der Waals surface area (Å²) in [5.74, 6) is 0. The van der Waals surface area contributed by atoms with E-state index < -0.39 is 0 Å². The van der Waals surface area contributed by atoms with Crippen molar-refractivity contribution in [3.8, 4) is 0 Å². The van der Waals surface area contributed by atoms with Gasteiger partial charge in [-0.25, -0.2) is 0 Å². The second-order valence-electron chi connectivity index (χ2n) is 7.74. The number of hydrogen-bond acceptors (Lipinski definition) is 0. The molecule has 0 nitrogen and oxygen atoms in total. The van der Waals surface area contributed by atoms with E-state index in [2.05, 4.69) is 61.5 Å². The zero-order valence-electron chi connectivity index (χ0n) is 16.0. The van der Waals surface area contributed by atoms with Gasteiger partial charge in [0.05, 0.1) is 0 Å². The van der Waals surface area contributed by atoms with Crippen LogP contribution in [0.15, 0.2) is 48.5 Å². The van der Waals surface area contributed by atoms with Gasteiger partial charge < -0.3 is 0 Å². The van der Waals surface area contributed by atoms with Gasteiger partial charge in [0.15, 0.2) is 0 Å². The fourth-order valence-corrected chi connectivity index (χ4v) is 4.31. The Morgan fingerprint density at radius 3 is 2.08 bits per heavy atom. The molecule has 4 aromatic carbocycles. The number of rotatable bonds is 9. The molecule has 0 aliphatic rings. The van der Waals surface area contributed by atoms with Gasteiger partial charge in [-0.05, 0) is 56.8 Å². The molecule has 0 aliphatic heterocycles. The molecule has 0 saturated heterocycles. The molecule has 1 radical (unpaired) electrons. The van der Waals surface area contributed by atoms with Crippen LogP contribution in [0.2, 0.25) is 0 Å². The minimum absolute atomic E-state index is 1.16. The Morgan fingerprint density at radius 2 is 1.31 bits per heavy atom. The fourth-order valence-electron chi connectivity index (χ4n) is 4.31. The Hall–Kier alpha value is -2.08. The SMILES string of the molecule is CCCCCCCCCCc1[c]c2ccc3cccc4ccc(c1)c2c34. The van der Waals surface area contributed by atoms with Crippen molar-refractivity contribution in [2.45, 2.75) is 64.7 Å². The van der Waals surface area contributed by atoms with Crippen LogP contribution >= 0.6 is 0 Å². The molecule has 0 aliphatic carbocycles. The van der Waals surface area contributed by atoms with E-state index in [0.717, 1.165) is 6.42 Å². The Kier molecular flexibility index (Phi) is 5.39. The Morgan fingerprint density at radius 1 is 0.654 bits per heavy atom. The highest BCUT2D eigenvalue weighted by molar-refractivity contribution is 6.22. The van der Waals surface area contributed by atoms with Crippen LogP contribution in [0.4, 0.5) is 0 Å². The Bertz CT molecular complexity index is 915. The van der Waals surface area contributed by atoms with E-state index in [1.807, 2.05) is 0 Å². The highest BCUT2D eigenvalue weighted by atomic mass is 14.1. The molecular weight excluding hydrogens is 312 g/mol. The van der Waals surface area contributed by atoms with Crippen LogP contribution in [0.1, 0.15) is 63.9 Å². The first-order valence-corrected chi connectivity index (χ1v) is 10.5. The standard InChI is InChI=1S/C26H29/c1-2-3-4-5-6-7-8-9-11-20-18-23-16-14-21-12-10-13-22-15-17-24(19-20)26(23)25(21)22/h10,12-18H,2-9,11H2,1H3. The van der Waals surface area contributed by atoms with E-state index in [-0.39, 0.29) is 0 Å². The summed E-state index contributed by atoms with van der Waals surface area (Å²) in [6.45, 7) is 2.28. The van der Waals surface area contributed by atoms with E-state index in [0.29, 0.717) is 0 Å². The van der Waals surface area contributed by atoms with Crippen LogP contribution in [0.3, 0.4) is 0 Å². The third kappa shape index (κ3) is 3.56. The van der Waals surface area contributed by atoms with Crippen molar-refractivity contribution >= 4 is 32.3 Å². The molecule has 0 bridgehead atoms. The second kappa shape index (κ2) is 8.08. The van der Waals surface area contributed by atoms with Crippen LogP contribution in [0, 0.1) is 6.07 Å². The monoisotopic (exact) mass is 341 g/mol. The number of aryl methyl sites for hydroxylation is 1. The van der Waals surface area contributed by atoms with Gasteiger partial charge in [0, 0.05) is 0 Å². The summed E-state index contributed by atoms with van der Waals surface area (Å²) in [4.78, 5) is 0. The minimum Gasteiger partial charge on any atom is -0.0654 e. The zero-order chi connectivity index (χ0) is 17.8. The lowest BCUT2D eigenvalue weighted by Gasteiger charge is -2.12. The molecule has 0 spiro atoms. The molecule has 4 aromatic rings. The number of unbranched alkanes of at least 4 members (excludes halogenated alkanes) is 7. The van der Waals surface area contributed by atoms with Crippen molar-refractivity contribution in [3.05, 3.63) is 60.2 Å². The first-order valence-electron chi connectivity index (χ1n) is 10.5. The van der Waals surface area contributed by atoms with Crippen molar-refractivity contribution in [2.24, 2.45) is 0 Å². The lowest BCUT2D eigenvalue weighted by atomic mass is 9.92. The van der Waals surface area contributed by atoms with Gasteiger partial charge in [0.2, 0.25) is 0 Å². The van der Waals surface area contributed by atoms with Gasteiger partial charge in [0.25, 0.3) is 0 Å². The molecule has 0 unspecified atom stereocenters. The van der Waals surface area contributed by atoms with Crippen molar-refractivity contribution in [1.29, 1.82) is 0 Å². The third-order valence-corrected chi connectivity index (χ3v) is 5.73. The summed E-state index contributed by atoms with van der Waals surface area (Å²) >= 11 is 0. The van der Waals surface area contributed by atoms with E-state index >= 15 is 0 Å². The molecule has 0 aromatic heterocycles. The lowest BCUT2D eigenvalue weighted by molar-refractivity contribution is 0.575. The van der Waals surface area contributed by atoms with E-state index in [1.54, 1.807) is 0 Å². The third-order valence-electron chi connectivity index (χ3n) is 5.73. The van der Waals surface area contributed by atoms with Gasteiger partial charge >= 0.3 is 0 Å². The topological polar surface area (TPSA) is 0 Å². The van der Waals surface area contributed by atoms with Crippen molar-refractivity contribution < 1.29 is 0 Å². The first-order chi connectivity index (χ1) is 12.9.